The highest BCUT2D eigenvalue weighted by Crippen LogP contribution is 2.35. The maximum Gasteiger partial charge on any atom is 0.338 e. The van der Waals surface area contributed by atoms with E-state index in [2.05, 4.69) is 0 Å². The van der Waals surface area contributed by atoms with E-state index in [0.717, 1.165) is 18.2 Å². The van der Waals surface area contributed by atoms with Crippen LogP contribution in [0.4, 0.5) is 0 Å². The normalized spacial score (nSPS) is 24.4. The van der Waals surface area contributed by atoms with Crippen molar-refractivity contribution in [3.63, 3.8) is 0 Å². The monoisotopic (exact) mass is 482 g/mol. The Kier molecular flexibility index (Phi) is 7.32. The first-order valence-corrected chi connectivity index (χ1v) is 9.80. The summed E-state index contributed by atoms with van der Waals surface area (Å²) in [6.07, 6.45) is -8.70. The van der Waals surface area contributed by atoms with Crippen LogP contribution in [0.3, 0.4) is 0 Å². The number of benzene rings is 2. The molecule has 13 heteroatoms. The molecule has 34 heavy (non-hydrogen) atoms. The highest BCUT2D eigenvalue weighted by molar-refractivity contribution is 5.91. The molecule has 1 aliphatic rings. The van der Waals surface area contributed by atoms with Crippen molar-refractivity contribution in [3.05, 3.63) is 41.5 Å². The second kappa shape index (κ2) is 10.0. The predicted molar refractivity (Wildman–Crippen MR) is 108 cm³/mol. The summed E-state index contributed by atoms with van der Waals surface area (Å²) in [6.45, 7) is -0.647. The molecule has 0 amide bonds. The van der Waals surface area contributed by atoms with Gasteiger partial charge in [0.25, 0.3) is 0 Å². The summed E-state index contributed by atoms with van der Waals surface area (Å²) >= 11 is 0. The van der Waals surface area contributed by atoms with Crippen molar-refractivity contribution in [2.75, 3.05) is 6.61 Å². The van der Waals surface area contributed by atoms with Crippen LogP contribution in [0.1, 0.15) is 15.9 Å². The number of phenols is 4. The molecule has 0 aromatic heterocycles. The van der Waals surface area contributed by atoms with Crippen LogP contribution in [0.25, 0.3) is 0 Å². The third kappa shape index (κ3) is 5.40. The fourth-order valence-corrected chi connectivity index (χ4v) is 3.19. The van der Waals surface area contributed by atoms with Gasteiger partial charge < -0.3 is 55.1 Å². The highest BCUT2D eigenvalue weighted by atomic mass is 16.7. The summed E-state index contributed by atoms with van der Waals surface area (Å²) < 4.78 is 15.8. The molecule has 1 saturated heterocycles. The average molecular weight is 482 g/mol. The Bertz CT molecular complexity index is 1050. The number of carbonyl (C=O) groups is 2. The topological polar surface area (TPSA) is 224 Å². The average Bonchev–Trinajstić information content (AvgIpc) is 2.78. The fourth-order valence-electron chi connectivity index (χ4n) is 3.19. The van der Waals surface area contributed by atoms with Crippen molar-refractivity contribution in [1.82, 2.24) is 0 Å². The number of aliphatic hydroxyl groups excluding tert-OH is 3. The number of ether oxygens (including phenoxy) is 3. The van der Waals surface area contributed by atoms with Crippen molar-refractivity contribution in [2.24, 2.45) is 0 Å². The number of hydrogen-bond acceptors (Lipinski definition) is 12. The number of hydrogen-bond donors (Lipinski definition) is 8. The van der Waals surface area contributed by atoms with Gasteiger partial charge in [-0.3, -0.25) is 4.79 Å². The molecule has 13 nitrogen and oxygen atoms in total. The largest absolute Gasteiger partial charge is 0.508 e. The SMILES string of the molecule is O=C(O)Cc1cc(O[C@@H]2O[C@H](COC(=O)c3cc(O)c(O)c(O)c3)[C@@H](O)[C@H](O)[C@H]2O)ccc1O. The molecule has 5 atom stereocenters. The minimum atomic E-state index is -1.78. The van der Waals surface area contributed by atoms with E-state index in [0.29, 0.717) is 0 Å². The number of aliphatic carboxylic acids is 1. The molecule has 0 spiro atoms. The molecular weight excluding hydrogens is 460 g/mol. The van der Waals surface area contributed by atoms with Gasteiger partial charge in [-0.1, -0.05) is 0 Å². The number of aromatic hydroxyl groups is 4. The first-order chi connectivity index (χ1) is 16.0. The Balaban J connectivity index is 1.70. The van der Waals surface area contributed by atoms with E-state index >= 15 is 0 Å². The minimum Gasteiger partial charge on any atom is -0.508 e. The van der Waals surface area contributed by atoms with Crippen LogP contribution in [-0.4, -0.2) is 90.1 Å². The lowest BCUT2D eigenvalue weighted by atomic mass is 9.99. The Hall–Kier alpha value is -3.78. The summed E-state index contributed by atoms with van der Waals surface area (Å²) in [4.78, 5) is 23.1. The first kappa shape index (κ1) is 24.9. The maximum absolute atomic E-state index is 12.2. The number of rotatable bonds is 7. The van der Waals surface area contributed by atoms with E-state index in [1.165, 1.54) is 12.1 Å². The summed E-state index contributed by atoms with van der Waals surface area (Å²) in [5.74, 6) is -4.99. The van der Waals surface area contributed by atoms with Crippen LogP contribution in [0.5, 0.6) is 28.7 Å². The molecule has 184 valence electrons. The molecule has 2 aromatic rings. The van der Waals surface area contributed by atoms with E-state index in [-0.39, 0.29) is 22.6 Å². The van der Waals surface area contributed by atoms with Crippen LogP contribution in [0, 0.1) is 0 Å². The first-order valence-electron chi connectivity index (χ1n) is 9.80. The van der Waals surface area contributed by atoms with Crippen molar-refractivity contribution in [1.29, 1.82) is 0 Å². The van der Waals surface area contributed by atoms with Crippen molar-refractivity contribution in [3.8, 4) is 28.7 Å². The predicted octanol–water partition coefficient (Wildman–Crippen LogP) is -0.821. The molecule has 3 rings (SSSR count). The number of carboxylic acids is 1. The second-order valence-electron chi connectivity index (χ2n) is 7.46. The van der Waals surface area contributed by atoms with Crippen LogP contribution >= 0.6 is 0 Å². The zero-order valence-corrected chi connectivity index (χ0v) is 17.3. The van der Waals surface area contributed by atoms with Crippen LogP contribution < -0.4 is 4.74 Å². The van der Waals surface area contributed by atoms with Gasteiger partial charge in [0.2, 0.25) is 6.29 Å². The van der Waals surface area contributed by atoms with Crippen LogP contribution in [0.15, 0.2) is 30.3 Å². The van der Waals surface area contributed by atoms with Gasteiger partial charge in [-0.2, -0.15) is 0 Å². The third-order valence-electron chi connectivity index (χ3n) is 5.00. The van der Waals surface area contributed by atoms with Gasteiger partial charge in [0, 0.05) is 5.56 Å². The van der Waals surface area contributed by atoms with E-state index < -0.39 is 72.9 Å². The third-order valence-corrected chi connectivity index (χ3v) is 5.00. The Labute approximate surface area is 191 Å². The van der Waals surface area contributed by atoms with Gasteiger partial charge >= 0.3 is 11.9 Å². The number of carboxylic acid groups (broad SMARTS) is 1. The van der Waals surface area contributed by atoms with Gasteiger partial charge in [-0.15, -0.1) is 0 Å². The highest BCUT2D eigenvalue weighted by Gasteiger charge is 2.45. The molecule has 8 N–H and O–H groups in total. The fraction of sp³-hybridized carbons (Fsp3) is 0.333. The Morgan fingerprint density at radius 2 is 1.53 bits per heavy atom. The number of esters is 1. The molecule has 0 aliphatic carbocycles. The molecule has 1 heterocycles. The zero-order chi connectivity index (χ0) is 25.2. The van der Waals surface area contributed by atoms with Crippen molar-refractivity contribution >= 4 is 11.9 Å². The maximum atomic E-state index is 12.2. The van der Waals surface area contributed by atoms with Crippen LogP contribution in [-0.2, 0) is 20.7 Å². The van der Waals surface area contributed by atoms with Crippen LogP contribution in [0.2, 0.25) is 0 Å². The Morgan fingerprint density at radius 1 is 0.882 bits per heavy atom. The van der Waals surface area contributed by atoms with Gasteiger partial charge in [0.05, 0.1) is 12.0 Å². The van der Waals surface area contributed by atoms with E-state index in [1.807, 2.05) is 0 Å². The summed E-state index contributed by atoms with van der Waals surface area (Å²) in [6, 6.07) is 5.28. The summed E-state index contributed by atoms with van der Waals surface area (Å²) in [5, 5.41) is 77.6. The number of phenolic OH excluding ortho intramolecular Hbond substituents is 4. The van der Waals surface area contributed by atoms with E-state index in [4.69, 9.17) is 19.3 Å². The lowest BCUT2D eigenvalue weighted by molar-refractivity contribution is -0.277. The molecule has 1 fully saturated rings. The Morgan fingerprint density at radius 3 is 2.15 bits per heavy atom. The lowest BCUT2D eigenvalue weighted by Gasteiger charge is -2.39. The zero-order valence-electron chi connectivity index (χ0n) is 17.3. The molecular formula is C21H22O13. The quantitative estimate of drug-likeness (QED) is 0.179. The van der Waals surface area contributed by atoms with Gasteiger partial charge in [0.1, 0.15) is 42.5 Å². The van der Waals surface area contributed by atoms with E-state index in [9.17, 15) is 45.3 Å². The second-order valence-corrected chi connectivity index (χ2v) is 7.46. The molecule has 2 aromatic carbocycles. The number of aliphatic hydroxyl groups is 3. The molecule has 0 unspecified atom stereocenters. The van der Waals surface area contributed by atoms with Gasteiger partial charge in [-0.25, -0.2) is 4.79 Å². The summed E-state index contributed by atoms with van der Waals surface area (Å²) in [5.41, 5.74) is -0.316. The molecule has 0 bridgehead atoms. The van der Waals surface area contributed by atoms with Crippen molar-refractivity contribution in [2.45, 2.75) is 37.1 Å². The molecule has 0 radical (unpaired) electrons. The number of carbonyl (C=O) groups excluding carboxylic acids is 1. The molecule has 1 aliphatic heterocycles. The molecule has 0 saturated carbocycles. The smallest absolute Gasteiger partial charge is 0.338 e. The lowest BCUT2D eigenvalue weighted by Crippen LogP contribution is -2.60. The van der Waals surface area contributed by atoms with Crippen molar-refractivity contribution < 1.29 is 64.7 Å². The minimum absolute atomic E-state index is 0.0155. The van der Waals surface area contributed by atoms with E-state index in [1.54, 1.807) is 0 Å². The van der Waals surface area contributed by atoms with Gasteiger partial charge in [0.15, 0.2) is 17.2 Å². The van der Waals surface area contributed by atoms with Gasteiger partial charge in [-0.05, 0) is 30.3 Å². The standard InChI is InChI=1S/C21H22O13/c22-11-2-1-10(3-8(11)6-15(25)26)33-21-19(30)18(29)17(28)14(34-21)7-32-20(31)9-4-12(23)16(27)13(24)5-9/h1-5,14,17-19,21-24,27-30H,6-7H2,(H,25,26)/t14-,17-,18+,19-,21-/m1/s1. The summed E-state index contributed by atoms with van der Waals surface area (Å²) in [7, 11) is 0.